The summed E-state index contributed by atoms with van der Waals surface area (Å²) in [5.74, 6) is 0. The number of rotatable bonds is 1. The van der Waals surface area contributed by atoms with Gasteiger partial charge in [0.2, 0.25) is 0 Å². The third-order valence-electron chi connectivity index (χ3n) is 1.46. The Morgan fingerprint density at radius 1 is 1.78 bits per heavy atom. The fourth-order valence-corrected chi connectivity index (χ4v) is 0.988. The highest BCUT2D eigenvalue weighted by atomic mass is 15.3. The van der Waals surface area contributed by atoms with E-state index < -0.39 is 0 Å². The predicted octanol–water partition coefficient (Wildman–Crippen LogP) is 1.20. The van der Waals surface area contributed by atoms with Gasteiger partial charge in [0.05, 0.1) is 6.67 Å². The molecule has 0 aromatic rings. The zero-order valence-corrected chi connectivity index (χ0v) is 5.96. The van der Waals surface area contributed by atoms with E-state index in [1.165, 1.54) is 5.70 Å². The molecule has 2 heteroatoms. The second kappa shape index (κ2) is 2.13. The van der Waals surface area contributed by atoms with Gasteiger partial charge in [-0.05, 0) is 13.1 Å². The Balaban J connectivity index is 2.64. The Morgan fingerprint density at radius 3 is 2.67 bits per heavy atom. The normalized spacial score (nSPS) is 18.2. The van der Waals surface area contributed by atoms with Crippen LogP contribution in [0.1, 0.15) is 6.92 Å². The van der Waals surface area contributed by atoms with Gasteiger partial charge in [-0.15, -0.1) is 0 Å². The lowest BCUT2D eigenvalue weighted by Gasteiger charge is -2.14. The van der Waals surface area contributed by atoms with Crippen molar-refractivity contribution in [1.29, 1.82) is 0 Å². The lowest BCUT2D eigenvalue weighted by molar-refractivity contribution is 0.354. The third kappa shape index (κ3) is 1.07. The van der Waals surface area contributed by atoms with Crippen LogP contribution in [-0.4, -0.2) is 23.5 Å². The first-order valence-electron chi connectivity index (χ1n) is 3.02. The van der Waals surface area contributed by atoms with Crippen LogP contribution in [0.15, 0.2) is 24.7 Å². The van der Waals surface area contributed by atoms with E-state index in [1.54, 1.807) is 0 Å². The molecule has 1 heterocycles. The van der Waals surface area contributed by atoms with E-state index in [9.17, 15) is 0 Å². The van der Waals surface area contributed by atoms with Gasteiger partial charge in [-0.1, -0.05) is 6.58 Å². The highest BCUT2D eigenvalue weighted by Gasteiger charge is 2.09. The van der Waals surface area contributed by atoms with Crippen LogP contribution in [-0.2, 0) is 0 Å². The summed E-state index contributed by atoms with van der Waals surface area (Å²) in [6, 6.07) is 0. The smallest absolute Gasteiger partial charge is 0.0935 e. The molecule has 2 nitrogen and oxygen atoms in total. The lowest BCUT2D eigenvalue weighted by Crippen LogP contribution is -2.18. The van der Waals surface area contributed by atoms with Crippen LogP contribution in [0.3, 0.4) is 0 Å². The van der Waals surface area contributed by atoms with Crippen molar-refractivity contribution in [2.75, 3.05) is 13.7 Å². The number of allylic oxidation sites excluding steroid dienone is 1. The summed E-state index contributed by atoms with van der Waals surface area (Å²) in [7, 11) is 2.05. The highest BCUT2D eigenvalue weighted by molar-refractivity contribution is 5.05. The van der Waals surface area contributed by atoms with Crippen LogP contribution in [0.25, 0.3) is 0 Å². The van der Waals surface area contributed by atoms with Crippen molar-refractivity contribution in [3.63, 3.8) is 0 Å². The summed E-state index contributed by atoms with van der Waals surface area (Å²) in [5.41, 5.74) is 1.26. The molecular formula is C7H12N2. The molecule has 1 aliphatic rings. The maximum Gasteiger partial charge on any atom is 0.0935 e. The van der Waals surface area contributed by atoms with Crippen molar-refractivity contribution in [3.8, 4) is 0 Å². The van der Waals surface area contributed by atoms with Crippen LogP contribution in [0.5, 0.6) is 0 Å². The van der Waals surface area contributed by atoms with Crippen LogP contribution in [0.4, 0.5) is 0 Å². The van der Waals surface area contributed by atoms with Gasteiger partial charge in [-0.25, -0.2) is 0 Å². The average molecular weight is 124 g/mol. The first kappa shape index (κ1) is 6.20. The first-order chi connectivity index (χ1) is 4.24. The quantitative estimate of drug-likeness (QED) is 0.518. The highest BCUT2D eigenvalue weighted by Crippen LogP contribution is 2.12. The Bertz CT molecular complexity index is 149. The summed E-state index contributed by atoms with van der Waals surface area (Å²) in [6.07, 6.45) is 3.94. The summed E-state index contributed by atoms with van der Waals surface area (Å²) in [6.45, 7) is 6.70. The van der Waals surface area contributed by atoms with Crippen LogP contribution in [0, 0.1) is 0 Å². The molecule has 0 aromatic heterocycles. The van der Waals surface area contributed by atoms with Crippen molar-refractivity contribution in [2.24, 2.45) is 0 Å². The topological polar surface area (TPSA) is 6.48 Å². The molecule has 0 atom stereocenters. The van der Waals surface area contributed by atoms with Crippen molar-refractivity contribution >= 4 is 0 Å². The van der Waals surface area contributed by atoms with E-state index >= 15 is 0 Å². The zero-order valence-electron chi connectivity index (χ0n) is 5.96. The molecule has 0 amide bonds. The molecule has 1 rings (SSSR count). The number of hydrogen-bond acceptors (Lipinski definition) is 2. The van der Waals surface area contributed by atoms with Crippen molar-refractivity contribution in [2.45, 2.75) is 6.92 Å². The maximum absolute atomic E-state index is 3.69. The monoisotopic (exact) mass is 124 g/mol. The van der Waals surface area contributed by atoms with Gasteiger partial charge in [-0.2, -0.15) is 0 Å². The molecule has 9 heavy (non-hydrogen) atoms. The molecule has 0 aliphatic carbocycles. The number of hydrogen-bond donors (Lipinski definition) is 0. The predicted molar refractivity (Wildman–Crippen MR) is 38.4 cm³/mol. The van der Waals surface area contributed by atoms with Gasteiger partial charge in [0.15, 0.2) is 0 Å². The molecule has 50 valence electrons. The van der Waals surface area contributed by atoms with Gasteiger partial charge in [0, 0.05) is 18.9 Å². The van der Waals surface area contributed by atoms with Gasteiger partial charge < -0.3 is 9.80 Å². The molecule has 0 saturated carbocycles. The van der Waals surface area contributed by atoms with Crippen LogP contribution >= 0.6 is 0 Å². The molecule has 0 fully saturated rings. The molecule has 1 aliphatic heterocycles. The van der Waals surface area contributed by atoms with Gasteiger partial charge in [0.1, 0.15) is 0 Å². The second-order valence-electron chi connectivity index (χ2n) is 2.32. The molecule has 0 radical (unpaired) electrons. The van der Waals surface area contributed by atoms with Crippen molar-refractivity contribution in [3.05, 3.63) is 24.7 Å². The summed E-state index contributed by atoms with van der Waals surface area (Å²) in [4.78, 5) is 4.22. The molecule has 0 spiro atoms. The van der Waals surface area contributed by atoms with Gasteiger partial charge in [0.25, 0.3) is 0 Å². The Hall–Kier alpha value is -0.920. The molecule has 0 aromatic carbocycles. The summed E-state index contributed by atoms with van der Waals surface area (Å²) in [5, 5.41) is 0. The molecule has 0 bridgehead atoms. The first-order valence-corrected chi connectivity index (χ1v) is 3.02. The second-order valence-corrected chi connectivity index (χ2v) is 2.32. The molecule has 0 unspecified atom stereocenters. The van der Waals surface area contributed by atoms with E-state index in [4.69, 9.17) is 0 Å². The van der Waals surface area contributed by atoms with E-state index in [2.05, 4.69) is 29.5 Å². The average Bonchev–Trinajstić information content (AvgIpc) is 2.10. The minimum Gasteiger partial charge on any atom is -0.361 e. The van der Waals surface area contributed by atoms with E-state index in [0.29, 0.717) is 0 Å². The van der Waals surface area contributed by atoms with E-state index in [1.807, 2.05) is 13.2 Å². The Labute approximate surface area is 56.1 Å². The van der Waals surface area contributed by atoms with Crippen molar-refractivity contribution < 1.29 is 0 Å². The van der Waals surface area contributed by atoms with Crippen LogP contribution in [0.2, 0.25) is 0 Å². The molecule has 0 saturated heterocycles. The Kier molecular flexibility index (Phi) is 1.47. The van der Waals surface area contributed by atoms with Gasteiger partial charge >= 0.3 is 0 Å². The fourth-order valence-electron chi connectivity index (χ4n) is 0.988. The third-order valence-corrected chi connectivity index (χ3v) is 1.46. The largest absolute Gasteiger partial charge is 0.361 e. The van der Waals surface area contributed by atoms with Gasteiger partial charge in [-0.3, -0.25) is 0 Å². The lowest BCUT2D eigenvalue weighted by atomic mass is 10.5. The number of nitrogens with zero attached hydrogens (tertiary/aromatic N) is 2. The fraction of sp³-hybridized carbons (Fsp3) is 0.429. The maximum atomic E-state index is 3.69. The molecule has 0 N–H and O–H groups in total. The van der Waals surface area contributed by atoms with E-state index in [0.717, 1.165) is 6.67 Å². The van der Waals surface area contributed by atoms with E-state index in [-0.39, 0.29) is 0 Å². The minimum absolute atomic E-state index is 0.940. The Morgan fingerprint density at radius 2 is 2.44 bits per heavy atom. The molecular weight excluding hydrogens is 112 g/mol. The minimum atomic E-state index is 0.940. The summed E-state index contributed by atoms with van der Waals surface area (Å²) >= 11 is 0. The van der Waals surface area contributed by atoms with Crippen molar-refractivity contribution in [1.82, 2.24) is 9.80 Å². The standard InChI is InChI=1S/C7H12N2/c1-4-9-6-8(3)5-7(9)2/h4-5H,1,6H2,2-3H3. The SMILES string of the molecule is C=CN1CN(C)C=C1C. The zero-order chi connectivity index (χ0) is 6.85. The van der Waals surface area contributed by atoms with Crippen LogP contribution < -0.4 is 0 Å². The summed E-state index contributed by atoms with van der Waals surface area (Å²) < 4.78 is 0.